The van der Waals surface area contributed by atoms with E-state index in [1.807, 2.05) is 0 Å². The molecule has 0 bridgehead atoms. The highest BCUT2D eigenvalue weighted by molar-refractivity contribution is 5.86. The van der Waals surface area contributed by atoms with Crippen LogP contribution in [0.25, 0.3) is 0 Å². The number of halogens is 3. The van der Waals surface area contributed by atoms with Gasteiger partial charge in [-0.25, -0.2) is 0 Å². The van der Waals surface area contributed by atoms with Crippen molar-refractivity contribution in [3.63, 3.8) is 0 Å². The molecule has 0 aromatic heterocycles. The van der Waals surface area contributed by atoms with E-state index in [4.69, 9.17) is 0 Å². The van der Waals surface area contributed by atoms with Gasteiger partial charge in [0.15, 0.2) is 0 Å². The molecule has 1 aliphatic rings. The third-order valence-electron chi connectivity index (χ3n) is 1.58. The van der Waals surface area contributed by atoms with Crippen LogP contribution in [0.5, 0.6) is 0 Å². The van der Waals surface area contributed by atoms with Crippen LogP contribution in [0.2, 0.25) is 0 Å². The van der Waals surface area contributed by atoms with E-state index < -0.39 is 17.9 Å². The Labute approximate surface area is 61.3 Å². The molecule has 11 heavy (non-hydrogen) atoms. The molecule has 1 atom stereocenters. The molecule has 5 heteroatoms. The Morgan fingerprint density at radius 2 is 2.09 bits per heavy atom. The smallest absolute Gasteiger partial charge is 0.381 e. The number of Topliss-reactive ketones (excluding diaryl/α,β-unsaturated/α-hetero) is 1. The highest BCUT2D eigenvalue weighted by Gasteiger charge is 2.44. The highest BCUT2D eigenvalue weighted by Crippen LogP contribution is 2.25. The Morgan fingerprint density at radius 3 is 2.45 bits per heavy atom. The predicted octanol–water partition coefficient (Wildman–Crippen LogP) is 1.15. The Morgan fingerprint density at radius 1 is 1.45 bits per heavy atom. The zero-order chi connectivity index (χ0) is 8.48. The average molecular weight is 168 g/mol. The molecule has 2 nitrogen and oxygen atoms in total. The first-order valence-electron chi connectivity index (χ1n) is 3.20. The molecule has 0 radical (unpaired) electrons. The van der Waals surface area contributed by atoms with E-state index in [2.05, 4.69) is 4.74 Å². The second-order valence-electron chi connectivity index (χ2n) is 2.42. The maximum atomic E-state index is 11.7. The van der Waals surface area contributed by atoms with Crippen LogP contribution in [-0.2, 0) is 9.53 Å². The van der Waals surface area contributed by atoms with E-state index in [1.165, 1.54) is 0 Å². The summed E-state index contributed by atoms with van der Waals surface area (Å²) in [5.41, 5.74) is 0. The zero-order valence-corrected chi connectivity index (χ0v) is 5.65. The van der Waals surface area contributed by atoms with Gasteiger partial charge in [-0.3, -0.25) is 4.79 Å². The largest absolute Gasteiger partial charge is 0.450 e. The van der Waals surface area contributed by atoms with Gasteiger partial charge < -0.3 is 4.74 Å². The molecule has 0 N–H and O–H groups in total. The monoisotopic (exact) mass is 168 g/mol. The van der Waals surface area contributed by atoms with Gasteiger partial charge >= 0.3 is 6.18 Å². The maximum absolute atomic E-state index is 11.7. The lowest BCUT2D eigenvalue weighted by Crippen LogP contribution is -2.30. The summed E-state index contributed by atoms with van der Waals surface area (Å²) < 4.78 is 39.7. The molecule has 1 aliphatic heterocycles. The van der Waals surface area contributed by atoms with Gasteiger partial charge in [0.25, 0.3) is 0 Å². The lowest BCUT2D eigenvalue weighted by Gasteiger charge is -2.08. The van der Waals surface area contributed by atoms with Crippen molar-refractivity contribution >= 4 is 5.78 Å². The van der Waals surface area contributed by atoms with Crippen molar-refractivity contribution in [2.75, 3.05) is 13.2 Å². The molecule has 0 saturated carbocycles. The fourth-order valence-corrected chi connectivity index (χ4v) is 0.973. The predicted molar refractivity (Wildman–Crippen MR) is 30.0 cm³/mol. The van der Waals surface area contributed by atoms with Crippen LogP contribution in [0, 0.1) is 5.92 Å². The standard InChI is InChI=1S/C6H7F3O2/c7-6(8,9)5(10)4-1-2-11-3-4/h4H,1-3H2/t4-/m0/s1. The van der Waals surface area contributed by atoms with Crippen molar-refractivity contribution in [3.8, 4) is 0 Å². The van der Waals surface area contributed by atoms with E-state index in [0.717, 1.165) is 0 Å². The van der Waals surface area contributed by atoms with Crippen molar-refractivity contribution in [1.29, 1.82) is 0 Å². The van der Waals surface area contributed by atoms with Gasteiger partial charge in [-0.1, -0.05) is 0 Å². The van der Waals surface area contributed by atoms with Crippen LogP contribution < -0.4 is 0 Å². The SMILES string of the molecule is O=C([C@H]1CCOC1)C(F)(F)F. The Hall–Kier alpha value is -0.580. The molecule has 0 aromatic carbocycles. The third-order valence-corrected chi connectivity index (χ3v) is 1.58. The lowest BCUT2D eigenvalue weighted by molar-refractivity contribution is -0.175. The van der Waals surface area contributed by atoms with Gasteiger partial charge in [0.2, 0.25) is 5.78 Å². The Kier molecular flexibility index (Phi) is 2.17. The summed E-state index contributed by atoms with van der Waals surface area (Å²) >= 11 is 0. The summed E-state index contributed by atoms with van der Waals surface area (Å²) in [7, 11) is 0. The number of ether oxygens (including phenoxy) is 1. The number of ketones is 1. The molecule has 64 valence electrons. The van der Waals surface area contributed by atoms with E-state index in [-0.39, 0.29) is 19.6 Å². The van der Waals surface area contributed by atoms with Crippen LogP contribution in [0.15, 0.2) is 0 Å². The van der Waals surface area contributed by atoms with E-state index >= 15 is 0 Å². The number of hydrogen-bond acceptors (Lipinski definition) is 2. The summed E-state index contributed by atoms with van der Waals surface area (Å²) in [5.74, 6) is -2.62. The van der Waals surface area contributed by atoms with Gasteiger partial charge in [-0.15, -0.1) is 0 Å². The van der Waals surface area contributed by atoms with Crippen LogP contribution >= 0.6 is 0 Å². The minimum Gasteiger partial charge on any atom is -0.381 e. The minimum absolute atomic E-state index is 0.0850. The van der Waals surface area contributed by atoms with Crippen LogP contribution in [-0.4, -0.2) is 25.2 Å². The number of carbonyl (C=O) groups is 1. The third kappa shape index (κ3) is 1.92. The minimum atomic E-state index is -4.70. The summed E-state index contributed by atoms with van der Waals surface area (Å²) in [5, 5.41) is 0. The van der Waals surface area contributed by atoms with Gasteiger partial charge in [-0.05, 0) is 6.42 Å². The topological polar surface area (TPSA) is 26.3 Å². The molecule has 0 aromatic rings. The molecule has 1 fully saturated rings. The maximum Gasteiger partial charge on any atom is 0.450 e. The first-order valence-corrected chi connectivity index (χ1v) is 3.20. The van der Waals surface area contributed by atoms with Gasteiger partial charge in [0, 0.05) is 6.61 Å². The van der Waals surface area contributed by atoms with Crippen molar-refractivity contribution in [2.45, 2.75) is 12.6 Å². The quantitative estimate of drug-likeness (QED) is 0.587. The van der Waals surface area contributed by atoms with Crippen molar-refractivity contribution in [1.82, 2.24) is 0 Å². The number of hydrogen-bond donors (Lipinski definition) is 0. The summed E-state index contributed by atoms with van der Waals surface area (Å²) in [6.07, 6.45) is -4.50. The number of alkyl halides is 3. The van der Waals surface area contributed by atoms with Gasteiger partial charge in [-0.2, -0.15) is 13.2 Å². The number of rotatable bonds is 1. The number of carbonyl (C=O) groups excluding carboxylic acids is 1. The molecular formula is C6H7F3O2. The van der Waals surface area contributed by atoms with E-state index in [1.54, 1.807) is 0 Å². The summed E-state index contributed by atoms with van der Waals surface area (Å²) in [6, 6.07) is 0. The second-order valence-corrected chi connectivity index (χ2v) is 2.42. The fourth-order valence-electron chi connectivity index (χ4n) is 0.973. The van der Waals surface area contributed by atoms with Gasteiger partial charge in [0.1, 0.15) is 0 Å². The highest BCUT2D eigenvalue weighted by atomic mass is 19.4. The van der Waals surface area contributed by atoms with Gasteiger partial charge in [0.05, 0.1) is 12.5 Å². The van der Waals surface area contributed by atoms with Crippen LogP contribution in [0.4, 0.5) is 13.2 Å². The first kappa shape index (κ1) is 8.52. The van der Waals surface area contributed by atoms with Crippen LogP contribution in [0.3, 0.4) is 0 Å². The fraction of sp³-hybridized carbons (Fsp3) is 0.833. The molecular weight excluding hydrogens is 161 g/mol. The van der Waals surface area contributed by atoms with Crippen molar-refractivity contribution in [3.05, 3.63) is 0 Å². The normalized spacial score (nSPS) is 25.5. The Balaban J connectivity index is 2.53. The molecule has 1 rings (SSSR count). The van der Waals surface area contributed by atoms with Crippen LogP contribution in [0.1, 0.15) is 6.42 Å². The molecule has 0 aliphatic carbocycles. The van der Waals surface area contributed by atoms with Crippen molar-refractivity contribution < 1.29 is 22.7 Å². The lowest BCUT2D eigenvalue weighted by atomic mass is 10.0. The zero-order valence-electron chi connectivity index (χ0n) is 5.65. The molecule has 0 spiro atoms. The van der Waals surface area contributed by atoms with Crippen molar-refractivity contribution in [2.24, 2.45) is 5.92 Å². The van der Waals surface area contributed by atoms with E-state index in [9.17, 15) is 18.0 Å². The average Bonchev–Trinajstić information content (AvgIpc) is 2.34. The molecule has 1 saturated heterocycles. The molecule has 0 amide bonds. The molecule has 0 unspecified atom stereocenters. The Bertz CT molecular complexity index is 158. The second kappa shape index (κ2) is 2.81. The summed E-state index contributed by atoms with van der Waals surface area (Å²) in [4.78, 5) is 10.5. The molecule has 1 heterocycles. The van der Waals surface area contributed by atoms with E-state index in [0.29, 0.717) is 0 Å². The first-order chi connectivity index (χ1) is 5.02. The summed E-state index contributed by atoms with van der Waals surface area (Å²) in [6.45, 7) is 0.171.